The summed E-state index contributed by atoms with van der Waals surface area (Å²) >= 11 is 0. The van der Waals surface area contributed by atoms with Crippen LogP contribution in [0.1, 0.15) is 17.3 Å². The summed E-state index contributed by atoms with van der Waals surface area (Å²) in [5.41, 5.74) is 0.281. The van der Waals surface area contributed by atoms with E-state index in [1.54, 1.807) is 6.92 Å². The van der Waals surface area contributed by atoms with Gasteiger partial charge in [-0.3, -0.25) is 9.59 Å². The Bertz CT molecular complexity index is 380. The molecule has 0 saturated heterocycles. The lowest BCUT2D eigenvalue weighted by Crippen LogP contribution is -2.23. The predicted molar refractivity (Wildman–Crippen MR) is 54.1 cm³/mol. The zero-order valence-electron chi connectivity index (χ0n) is 8.21. The van der Waals surface area contributed by atoms with Crippen LogP contribution in [0.4, 0.5) is 10.1 Å². The molecule has 0 radical (unpaired) electrons. The molecule has 0 bridgehead atoms. The highest BCUT2D eigenvalue weighted by molar-refractivity contribution is 5.95. The van der Waals surface area contributed by atoms with E-state index in [4.69, 9.17) is 0 Å². The van der Waals surface area contributed by atoms with Crippen LogP contribution in [0.5, 0.6) is 0 Å². The van der Waals surface area contributed by atoms with E-state index in [9.17, 15) is 14.0 Å². The zero-order valence-corrected chi connectivity index (χ0v) is 8.21. The van der Waals surface area contributed by atoms with Crippen LogP contribution in [0, 0.1) is 5.82 Å². The Morgan fingerprint density at radius 2 is 2.27 bits per heavy atom. The average molecular weight is 210 g/mol. The van der Waals surface area contributed by atoms with Crippen molar-refractivity contribution < 1.29 is 14.0 Å². The first kappa shape index (κ1) is 11.2. The third kappa shape index (κ3) is 2.77. The molecule has 80 valence electrons. The number of nitrogens with one attached hydrogen (secondary N) is 2. The molecule has 4 nitrogen and oxygen atoms in total. The number of hydrogen-bond donors (Lipinski definition) is 2. The molecule has 0 aliphatic heterocycles. The van der Waals surface area contributed by atoms with Crippen LogP contribution in [-0.2, 0) is 4.79 Å². The van der Waals surface area contributed by atoms with Gasteiger partial charge in [0.25, 0.3) is 5.91 Å². The fraction of sp³-hybridized carbons (Fsp3) is 0.200. The van der Waals surface area contributed by atoms with Gasteiger partial charge in [0.1, 0.15) is 5.82 Å². The molecule has 5 heteroatoms. The second-order valence-electron chi connectivity index (χ2n) is 2.82. The van der Waals surface area contributed by atoms with Gasteiger partial charge in [-0.15, -0.1) is 0 Å². The van der Waals surface area contributed by atoms with Gasteiger partial charge in [-0.05, 0) is 25.1 Å². The number of amides is 2. The van der Waals surface area contributed by atoms with Gasteiger partial charge in [0.2, 0.25) is 6.41 Å². The number of anilines is 1. The summed E-state index contributed by atoms with van der Waals surface area (Å²) in [4.78, 5) is 21.4. The normalized spacial score (nSPS) is 9.47. The molecular formula is C10H11FN2O2. The van der Waals surface area contributed by atoms with Crippen molar-refractivity contribution in [2.45, 2.75) is 6.92 Å². The van der Waals surface area contributed by atoms with Crippen LogP contribution >= 0.6 is 0 Å². The molecule has 0 saturated carbocycles. The number of carbonyl (C=O) groups is 2. The molecule has 1 rings (SSSR count). The molecule has 1 aromatic carbocycles. The van der Waals surface area contributed by atoms with E-state index in [-0.39, 0.29) is 5.56 Å². The highest BCUT2D eigenvalue weighted by Gasteiger charge is 2.10. The Hall–Kier alpha value is -1.91. The lowest BCUT2D eigenvalue weighted by atomic mass is 10.2. The maximum absolute atomic E-state index is 13.3. The van der Waals surface area contributed by atoms with Gasteiger partial charge in [0, 0.05) is 12.2 Å². The first-order valence-electron chi connectivity index (χ1n) is 4.47. The Labute approximate surface area is 86.5 Å². The first-order valence-corrected chi connectivity index (χ1v) is 4.47. The van der Waals surface area contributed by atoms with Gasteiger partial charge < -0.3 is 10.6 Å². The molecule has 0 aromatic heterocycles. The van der Waals surface area contributed by atoms with Crippen molar-refractivity contribution in [1.82, 2.24) is 5.32 Å². The summed E-state index contributed by atoms with van der Waals surface area (Å²) in [7, 11) is 0. The molecule has 0 atom stereocenters. The fourth-order valence-corrected chi connectivity index (χ4v) is 1.11. The lowest BCUT2D eigenvalue weighted by Gasteiger charge is -2.05. The van der Waals surface area contributed by atoms with Gasteiger partial charge in [0.15, 0.2) is 0 Å². The van der Waals surface area contributed by atoms with Gasteiger partial charge >= 0.3 is 0 Å². The maximum Gasteiger partial charge on any atom is 0.254 e. The molecule has 2 N–H and O–H groups in total. The number of carbonyl (C=O) groups excluding carboxylic acids is 2. The van der Waals surface area contributed by atoms with E-state index in [1.807, 2.05) is 0 Å². The minimum atomic E-state index is -0.659. The van der Waals surface area contributed by atoms with Gasteiger partial charge in [-0.25, -0.2) is 4.39 Å². The minimum absolute atomic E-state index is 0.0340. The Morgan fingerprint density at radius 1 is 1.53 bits per heavy atom. The Kier molecular flexibility index (Phi) is 3.79. The third-order valence-corrected chi connectivity index (χ3v) is 1.78. The average Bonchev–Trinajstić information content (AvgIpc) is 2.18. The van der Waals surface area contributed by atoms with Crippen molar-refractivity contribution in [3.63, 3.8) is 0 Å². The topological polar surface area (TPSA) is 58.2 Å². The quantitative estimate of drug-likeness (QED) is 0.732. The van der Waals surface area contributed by atoms with E-state index < -0.39 is 11.7 Å². The van der Waals surface area contributed by atoms with E-state index in [2.05, 4.69) is 10.6 Å². The summed E-state index contributed by atoms with van der Waals surface area (Å²) < 4.78 is 13.3. The molecule has 1 aromatic rings. The first-order chi connectivity index (χ1) is 7.19. The summed E-state index contributed by atoms with van der Waals surface area (Å²) in [5.74, 6) is -1.12. The molecule has 0 aliphatic rings. The molecular weight excluding hydrogens is 199 g/mol. The summed E-state index contributed by atoms with van der Waals surface area (Å²) in [6, 6.07) is 3.88. The van der Waals surface area contributed by atoms with Crippen LogP contribution in [0.25, 0.3) is 0 Å². The summed E-state index contributed by atoms with van der Waals surface area (Å²) in [6.07, 6.45) is 0.445. The summed E-state index contributed by atoms with van der Waals surface area (Å²) in [5, 5.41) is 4.78. The molecule has 0 unspecified atom stereocenters. The molecule has 15 heavy (non-hydrogen) atoms. The third-order valence-electron chi connectivity index (χ3n) is 1.78. The number of benzene rings is 1. The van der Waals surface area contributed by atoms with Crippen molar-refractivity contribution in [1.29, 1.82) is 0 Å². The maximum atomic E-state index is 13.3. The van der Waals surface area contributed by atoms with Crippen LogP contribution in [0.15, 0.2) is 18.2 Å². The monoisotopic (exact) mass is 210 g/mol. The van der Waals surface area contributed by atoms with Crippen LogP contribution in [-0.4, -0.2) is 18.9 Å². The Morgan fingerprint density at radius 3 is 2.80 bits per heavy atom. The largest absolute Gasteiger partial charge is 0.352 e. The highest BCUT2D eigenvalue weighted by Crippen LogP contribution is 2.13. The predicted octanol–water partition coefficient (Wildman–Crippen LogP) is 1.14. The summed E-state index contributed by atoms with van der Waals surface area (Å²) in [6.45, 7) is 2.19. The van der Waals surface area contributed by atoms with Crippen molar-refractivity contribution in [3.05, 3.63) is 29.6 Å². The van der Waals surface area contributed by atoms with Crippen LogP contribution in [0.2, 0.25) is 0 Å². The molecule has 2 amide bonds. The van der Waals surface area contributed by atoms with Crippen LogP contribution in [0.3, 0.4) is 0 Å². The van der Waals surface area contributed by atoms with Crippen LogP contribution < -0.4 is 10.6 Å². The van der Waals surface area contributed by atoms with E-state index in [0.717, 1.165) is 6.07 Å². The van der Waals surface area contributed by atoms with Crippen molar-refractivity contribution >= 4 is 18.0 Å². The highest BCUT2D eigenvalue weighted by atomic mass is 19.1. The van der Waals surface area contributed by atoms with Gasteiger partial charge in [-0.2, -0.15) is 0 Å². The van der Waals surface area contributed by atoms with E-state index in [0.29, 0.717) is 18.6 Å². The number of rotatable bonds is 4. The van der Waals surface area contributed by atoms with Gasteiger partial charge in [-0.1, -0.05) is 0 Å². The fourth-order valence-electron chi connectivity index (χ4n) is 1.11. The van der Waals surface area contributed by atoms with Crippen molar-refractivity contribution in [2.24, 2.45) is 0 Å². The molecule has 0 fully saturated rings. The Balaban J connectivity index is 2.92. The van der Waals surface area contributed by atoms with E-state index in [1.165, 1.54) is 12.1 Å². The second-order valence-corrected chi connectivity index (χ2v) is 2.82. The molecule has 0 heterocycles. The van der Waals surface area contributed by atoms with Crippen molar-refractivity contribution in [2.75, 3.05) is 11.9 Å². The van der Waals surface area contributed by atoms with E-state index >= 15 is 0 Å². The standard InChI is InChI=1S/C10H11FN2O2/c1-2-12-10(15)8-4-3-7(13-6-14)5-9(8)11/h3-6H,2H2,1H3,(H,12,15)(H,13,14). The van der Waals surface area contributed by atoms with Gasteiger partial charge in [0.05, 0.1) is 5.56 Å². The van der Waals surface area contributed by atoms with Crippen molar-refractivity contribution in [3.8, 4) is 0 Å². The smallest absolute Gasteiger partial charge is 0.254 e. The SMILES string of the molecule is CCNC(=O)c1ccc(NC=O)cc1F. The minimum Gasteiger partial charge on any atom is -0.352 e. The second kappa shape index (κ2) is 5.09. The zero-order chi connectivity index (χ0) is 11.3. The number of hydrogen-bond acceptors (Lipinski definition) is 2. The lowest BCUT2D eigenvalue weighted by molar-refractivity contribution is -0.105. The molecule has 0 aliphatic carbocycles. The number of halogens is 1. The molecule has 0 spiro atoms.